The highest BCUT2D eigenvalue weighted by atomic mass is 16.5. The van der Waals surface area contributed by atoms with Gasteiger partial charge in [-0.15, -0.1) is 0 Å². The minimum Gasteiger partial charge on any atom is -0.369 e. The minimum absolute atomic E-state index is 0.0249. The number of carbonyl (C=O) groups is 1. The molecule has 0 saturated carbocycles. The Bertz CT molecular complexity index is 179. The van der Waals surface area contributed by atoms with Gasteiger partial charge in [-0.05, 0) is 19.8 Å². The highest BCUT2D eigenvalue weighted by Gasteiger charge is 2.30. The standard InChI is InChI=1S/C10H22N2O2/c1-5-8(11)7-12-9(13)10(3,6-2)14-4/h8H,5-7,11H2,1-4H3,(H,12,13). The van der Waals surface area contributed by atoms with Gasteiger partial charge in [-0.1, -0.05) is 13.8 Å². The van der Waals surface area contributed by atoms with Crippen LogP contribution in [0, 0.1) is 0 Å². The van der Waals surface area contributed by atoms with E-state index in [9.17, 15) is 4.79 Å². The summed E-state index contributed by atoms with van der Waals surface area (Å²) in [5.41, 5.74) is 4.96. The Kier molecular flexibility index (Phi) is 5.72. The highest BCUT2D eigenvalue weighted by Crippen LogP contribution is 2.13. The second-order valence-electron chi connectivity index (χ2n) is 3.67. The zero-order valence-electron chi connectivity index (χ0n) is 9.59. The second kappa shape index (κ2) is 5.98. The number of ether oxygens (including phenoxy) is 1. The van der Waals surface area contributed by atoms with Crippen molar-refractivity contribution in [1.82, 2.24) is 5.32 Å². The van der Waals surface area contributed by atoms with Gasteiger partial charge >= 0.3 is 0 Å². The van der Waals surface area contributed by atoms with Crippen LogP contribution in [0.1, 0.15) is 33.6 Å². The fourth-order valence-corrected chi connectivity index (χ4v) is 0.953. The number of nitrogens with two attached hydrogens (primary N) is 1. The van der Waals surface area contributed by atoms with Crippen LogP contribution in [0.4, 0.5) is 0 Å². The van der Waals surface area contributed by atoms with Crippen LogP contribution in [-0.4, -0.2) is 31.2 Å². The molecule has 0 aromatic rings. The summed E-state index contributed by atoms with van der Waals surface area (Å²) < 4.78 is 5.16. The third-order valence-corrected chi connectivity index (χ3v) is 2.65. The molecule has 0 heterocycles. The van der Waals surface area contributed by atoms with Gasteiger partial charge in [0.1, 0.15) is 5.60 Å². The smallest absolute Gasteiger partial charge is 0.251 e. The highest BCUT2D eigenvalue weighted by molar-refractivity contribution is 5.84. The number of hydrogen-bond acceptors (Lipinski definition) is 3. The van der Waals surface area contributed by atoms with Crippen LogP contribution in [0.3, 0.4) is 0 Å². The minimum atomic E-state index is -0.729. The van der Waals surface area contributed by atoms with Crippen molar-refractivity contribution in [2.75, 3.05) is 13.7 Å². The molecule has 1 amide bonds. The van der Waals surface area contributed by atoms with E-state index in [1.165, 1.54) is 0 Å². The first-order chi connectivity index (χ1) is 6.50. The molecule has 14 heavy (non-hydrogen) atoms. The lowest BCUT2D eigenvalue weighted by Gasteiger charge is -2.25. The molecule has 0 rings (SSSR count). The average molecular weight is 202 g/mol. The van der Waals surface area contributed by atoms with E-state index in [1.54, 1.807) is 14.0 Å². The summed E-state index contributed by atoms with van der Waals surface area (Å²) in [5, 5.41) is 2.79. The van der Waals surface area contributed by atoms with E-state index in [0.717, 1.165) is 6.42 Å². The van der Waals surface area contributed by atoms with Gasteiger partial charge in [-0.2, -0.15) is 0 Å². The van der Waals surface area contributed by atoms with E-state index in [4.69, 9.17) is 10.5 Å². The molecule has 0 bridgehead atoms. The number of carbonyl (C=O) groups excluding carboxylic acids is 1. The molecule has 0 aliphatic rings. The zero-order valence-corrected chi connectivity index (χ0v) is 9.59. The van der Waals surface area contributed by atoms with Crippen LogP contribution in [0.2, 0.25) is 0 Å². The Labute approximate surface area is 86.2 Å². The van der Waals surface area contributed by atoms with Gasteiger partial charge < -0.3 is 15.8 Å². The number of methoxy groups -OCH3 is 1. The molecule has 0 fully saturated rings. The summed E-state index contributed by atoms with van der Waals surface area (Å²) in [6.07, 6.45) is 1.51. The first-order valence-electron chi connectivity index (χ1n) is 5.09. The summed E-state index contributed by atoms with van der Waals surface area (Å²) in [6.45, 7) is 6.20. The maximum absolute atomic E-state index is 11.7. The van der Waals surface area contributed by atoms with E-state index in [-0.39, 0.29) is 11.9 Å². The number of hydrogen-bond donors (Lipinski definition) is 2. The molecule has 0 saturated heterocycles. The predicted molar refractivity (Wildman–Crippen MR) is 57.0 cm³/mol. The van der Waals surface area contributed by atoms with Crippen molar-refractivity contribution >= 4 is 5.91 Å². The molecular formula is C10H22N2O2. The van der Waals surface area contributed by atoms with E-state index < -0.39 is 5.60 Å². The Morgan fingerprint density at radius 3 is 2.50 bits per heavy atom. The van der Waals surface area contributed by atoms with Crippen LogP contribution in [0.25, 0.3) is 0 Å². The number of nitrogens with one attached hydrogen (secondary N) is 1. The molecule has 2 unspecified atom stereocenters. The molecular weight excluding hydrogens is 180 g/mol. The van der Waals surface area contributed by atoms with Gasteiger partial charge in [-0.25, -0.2) is 0 Å². The Balaban J connectivity index is 4.06. The van der Waals surface area contributed by atoms with Gasteiger partial charge in [0.25, 0.3) is 5.91 Å². The number of amides is 1. The average Bonchev–Trinajstić information content (AvgIpc) is 2.23. The first-order valence-corrected chi connectivity index (χ1v) is 5.09. The van der Waals surface area contributed by atoms with Gasteiger partial charge in [0.2, 0.25) is 0 Å². The second-order valence-corrected chi connectivity index (χ2v) is 3.67. The largest absolute Gasteiger partial charge is 0.369 e. The quantitative estimate of drug-likeness (QED) is 0.665. The van der Waals surface area contributed by atoms with Gasteiger partial charge in [0, 0.05) is 19.7 Å². The zero-order chi connectivity index (χ0) is 11.2. The molecule has 0 aromatic heterocycles. The van der Waals surface area contributed by atoms with Crippen LogP contribution < -0.4 is 11.1 Å². The third-order valence-electron chi connectivity index (χ3n) is 2.65. The molecule has 0 aliphatic heterocycles. The molecule has 4 nitrogen and oxygen atoms in total. The van der Waals surface area contributed by atoms with Crippen LogP contribution in [0.5, 0.6) is 0 Å². The van der Waals surface area contributed by atoms with Crippen molar-refractivity contribution in [2.45, 2.75) is 45.3 Å². The summed E-state index contributed by atoms with van der Waals surface area (Å²) in [5.74, 6) is -0.0913. The monoisotopic (exact) mass is 202 g/mol. The molecule has 0 spiro atoms. The fourth-order valence-electron chi connectivity index (χ4n) is 0.953. The lowest BCUT2D eigenvalue weighted by molar-refractivity contribution is -0.141. The fraction of sp³-hybridized carbons (Fsp3) is 0.900. The van der Waals surface area contributed by atoms with Crippen molar-refractivity contribution < 1.29 is 9.53 Å². The molecule has 3 N–H and O–H groups in total. The Morgan fingerprint density at radius 1 is 1.57 bits per heavy atom. The van der Waals surface area contributed by atoms with Crippen molar-refractivity contribution in [3.8, 4) is 0 Å². The van der Waals surface area contributed by atoms with Crippen molar-refractivity contribution in [1.29, 1.82) is 0 Å². The van der Waals surface area contributed by atoms with Crippen molar-refractivity contribution in [3.05, 3.63) is 0 Å². The lowest BCUT2D eigenvalue weighted by atomic mass is 10.0. The lowest BCUT2D eigenvalue weighted by Crippen LogP contribution is -2.48. The van der Waals surface area contributed by atoms with Crippen LogP contribution in [-0.2, 0) is 9.53 Å². The summed E-state index contributed by atoms with van der Waals surface area (Å²) >= 11 is 0. The Hall–Kier alpha value is -0.610. The van der Waals surface area contributed by atoms with Crippen molar-refractivity contribution in [3.63, 3.8) is 0 Å². The van der Waals surface area contributed by atoms with Gasteiger partial charge in [-0.3, -0.25) is 4.79 Å². The maximum atomic E-state index is 11.7. The number of rotatable bonds is 6. The molecule has 0 aliphatic carbocycles. The van der Waals surface area contributed by atoms with E-state index in [1.807, 2.05) is 13.8 Å². The molecule has 0 aromatic carbocycles. The summed E-state index contributed by atoms with van der Waals surface area (Å²) in [4.78, 5) is 11.7. The van der Waals surface area contributed by atoms with E-state index >= 15 is 0 Å². The molecule has 0 radical (unpaired) electrons. The van der Waals surface area contributed by atoms with Crippen molar-refractivity contribution in [2.24, 2.45) is 5.73 Å². The maximum Gasteiger partial charge on any atom is 0.251 e. The van der Waals surface area contributed by atoms with Crippen LogP contribution >= 0.6 is 0 Å². The molecule has 84 valence electrons. The van der Waals surface area contributed by atoms with Gasteiger partial charge in [0.05, 0.1) is 0 Å². The van der Waals surface area contributed by atoms with E-state index in [2.05, 4.69) is 5.32 Å². The first kappa shape index (κ1) is 13.4. The summed E-state index contributed by atoms with van der Waals surface area (Å²) in [6, 6.07) is 0.0249. The normalized spacial score (nSPS) is 17.2. The molecule has 4 heteroatoms. The topological polar surface area (TPSA) is 64.3 Å². The Morgan fingerprint density at radius 2 is 2.14 bits per heavy atom. The third kappa shape index (κ3) is 3.64. The SMILES string of the molecule is CCC(N)CNC(=O)C(C)(CC)OC. The van der Waals surface area contributed by atoms with Crippen LogP contribution in [0.15, 0.2) is 0 Å². The summed E-state index contributed by atoms with van der Waals surface area (Å²) in [7, 11) is 1.54. The predicted octanol–water partition coefficient (Wildman–Crippen LogP) is 0.655. The van der Waals surface area contributed by atoms with Gasteiger partial charge in [0.15, 0.2) is 0 Å². The molecule has 2 atom stereocenters. The van der Waals surface area contributed by atoms with E-state index in [0.29, 0.717) is 13.0 Å².